The predicted molar refractivity (Wildman–Crippen MR) is 57.1 cm³/mol. The molecule has 1 aromatic heterocycles. The van der Waals surface area contributed by atoms with Crippen LogP contribution in [-0.2, 0) is 0 Å². The Morgan fingerprint density at radius 3 is 2.93 bits per heavy atom. The van der Waals surface area contributed by atoms with Crippen molar-refractivity contribution in [2.75, 3.05) is 6.54 Å². The number of hydrogen-bond donors (Lipinski definition) is 1. The number of fused-ring (bicyclic) bond motifs is 1. The van der Waals surface area contributed by atoms with Crippen LogP contribution in [0, 0.1) is 0 Å². The van der Waals surface area contributed by atoms with Crippen molar-refractivity contribution in [2.24, 2.45) is 0 Å². The van der Waals surface area contributed by atoms with Crippen LogP contribution in [0.1, 0.15) is 18.0 Å². The first-order valence-electron chi connectivity index (χ1n) is 5.02. The Morgan fingerprint density at radius 2 is 2.14 bits per heavy atom. The van der Waals surface area contributed by atoms with E-state index in [9.17, 15) is 0 Å². The van der Waals surface area contributed by atoms with Gasteiger partial charge >= 0.3 is 0 Å². The summed E-state index contributed by atoms with van der Waals surface area (Å²) in [4.78, 5) is 4.35. The van der Waals surface area contributed by atoms with E-state index in [0.29, 0.717) is 6.04 Å². The molecule has 0 unspecified atom stereocenters. The smallest absolute Gasteiger partial charge is 0.0705 e. The summed E-state index contributed by atoms with van der Waals surface area (Å²) >= 11 is 0. The molecule has 3 rings (SSSR count). The van der Waals surface area contributed by atoms with E-state index >= 15 is 0 Å². The molecule has 1 aromatic carbocycles. The Kier molecular flexibility index (Phi) is 1.74. The van der Waals surface area contributed by atoms with E-state index in [1.165, 1.54) is 17.4 Å². The summed E-state index contributed by atoms with van der Waals surface area (Å²) in [7, 11) is 0. The quantitative estimate of drug-likeness (QED) is 0.735. The molecule has 0 amide bonds. The third kappa shape index (κ3) is 1.11. The third-order valence-electron chi connectivity index (χ3n) is 2.88. The minimum Gasteiger partial charge on any atom is -0.310 e. The fourth-order valence-electron chi connectivity index (χ4n) is 1.99. The average molecular weight is 184 g/mol. The number of aromatic nitrogens is 1. The SMILES string of the molecule is c1cc([C@@H]2CCN2)c2cccnc2c1. The van der Waals surface area contributed by atoms with E-state index in [2.05, 4.69) is 34.6 Å². The van der Waals surface area contributed by atoms with Crippen molar-refractivity contribution in [1.29, 1.82) is 0 Å². The first-order chi connectivity index (χ1) is 6.95. The van der Waals surface area contributed by atoms with Crippen molar-refractivity contribution in [1.82, 2.24) is 10.3 Å². The standard InChI is InChI=1S/C12H12N2/c1-3-9(12-6-8-14-12)10-4-2-7-13-11(10)5-1/h1-5,7,12,14H,6,8H2/t12-/m0/s1. The summed E-state index contributed by atoms with van der Waals surface area (Å²) in [6, 6.07) is 11.0. The highest BCUT2D eigenvalue weighted by atomic mass is 15.0. The maximum Gasteiger partial charge on any atom is 0.0705 e. The van der Waals surface area contributed by atoms with Crippen LogP contribution in [0.3, 0.4) is 0 Å². The van der Waals surface area contributed by atoms with Gasteiger partial charge in [0.15, 0.2) is 0 Å². The van der Waals surface area contributed by atoms with Crippen LogP contribution in [0.2, 0.25) is 0 Å². The molecular formula is C12H12N2. The summed E-state index contributed by atoms with van der Waals surface area (Å²) in [5.74, 6) is 0. The third-order valence-corrected chi connectivity index (χ3v) is 2.88. The molecule has 1 atom stereocenters. The Labute approximate surface area is 83.0 Å². The number of hydrogen-bond acceptors (Lipinski definition) is 2. The van der Waals surface area contributed by atoms with E-state index in [1.54, 1.807) is 0 Å². The molecule has 1 aliphatic rings. The van der Waals surface area contributed by atoms with Gasteiger partial charge in [-0.3, -0.25) is 4.98 Å². The van der Waals surface area contributed by atoms with Gasteiger partial charge < -0.3 is 5.32 Å². The molecule has 0 saturated carbocycles. The molecule has 2 heterocycles. The van der Waals surface area contributed by atoms with Gasteiger partial charge in [-0.2, -0.15) is 0 Å². The topological polar surface area (TPSA) is 24.9 Å². The minimum absolute atomic E-state index is 0.544. The Morgan fingerprint density at radius 1 is 1.21 bits per heavy atom. The molecule has 0 bridgehead atoms. The molecule has 2 aromatic rings. The lowest BCUT2D eigenvalue weighted by atomic mass is 9.94. The molecule has 1 aliphatic heterocycles. The van der Waals surface area contributed by atoms with Gasteiger partial charge in [-0.15, -0.1) is 0 Å². The lowest BCUT2D eigenvalue weighted by molar-refractivity contribution is 0.385. The van der Waals surface area contributed by atoms with Crippen molar-refractivity contribution in [2.45, 2.75) is 12.5 Å². The van der Waals surface area contributed by atoms with E-state index in [0.717, 1.165) is 12.1 Å². The van der Waals surface area contributed by atoms with E-state index in [1.807, 2.05) is 12.3 Å². The summed E-state index contributed by atoms with van der Waals surface area (Å²) in [5, 5.41) is 4.71. The van der Waals surface area contributed by atoms with Gasteiger partial charge in [-0.1, -0.05) is 18.2 Å². The summed E-state index contributed by atoms with van der Waals surface area (Å²) in [6.07, 6.45) is 3.09. The first kappa shape index (κ1) is 7.94. The van der Waals surface area contributed by atoms with Crippen LogP contribution in [0.5, 0.6) is 0 Å². The van der Waals surface area contributed by atoms with Crippen LogP contribution < -0.4 is 5.32 Å². The van der Waals surface area contributed by atoms with E-state index in [4.69, 9.17) is 0 Å². The predicted octanol–water partition coefficient (Wildman–Crippen LogP) is 2.27. The average Bonchev–Trinajstić information content (AvgIpc) is 2.16. The van der Waals surface area contributed by atoms with Gasteiger partial charge in [0, 0.05) is 17.6 Å². The van der Waals surface area contributed by atoms with Gasteiger partial charge in [-0.05, 0) is 30.7 Å². The minimum atomic E-state index is 0.544. The van der Waals surface area contributed by atoms with Crippen LogP contribution in [0.15, 0.2) is 36.5 Å². The number of nitrogens with one attached hydrogen (secondary N) is 1. The Balaban J connectivity index is 2.22. The molecule has 0 spiro atoms. The largest absolute Gasteiger partial charge is 0.310 e. The fourth-order valence-corrected chi connectivity index (χ4v) is 1.99. The normalized spacial score (nSPS) is 20.7. The fraction of sp³-hybridized carbons (Fsp3) is 0.250. The molecule has 14 heavy (non-hydrogen) atoms. The van der Waals surface area contributed by atoms with E-state index in [-0.39, 0.29) is 0 Å². The van der Waals surface area contributed by atoms with Crippen molar-refractivity contribution < 1.29 is 0 Å². The number of benzene rings is 1. The Bertz CT molecular complexity index is 455. The number of pyridine rings is 1. The molecule has 1 N–H and O–H groups in total. The second-order valence-corrected chi connectivity index (χ2v) is 3.71. The van der Waals surface area contributed by atoms with Gasteiger partial charge in [0.2, 0.25) is 0 Å². The first-order valence-corrected chi connectivity index (χ1v) is 5.02. The number of rotatable bonds is 1. The van der Waals surface area contributed by atoms with Crippen LogP contribution in [-0.4, -0.2) is 11.5 Å². The van der Waals surface area contributed by atoms with Gasteiger partial charge in [0.25, 0.3) is 0 Å². The Hall–Kier alpha value is -1.41. The van der Waals surface area contributed by atoms with Gasteiger partial charge in [-0.25, -0.2) is 0 Å². The highest BCUT2D eigenvalue weighted by Gasteiger charge is 2.19. The zero-order valence-electron chi connectivity index (χ0n) is 7.90. The molecule has 2 nitrogen and oxygen atoms in total. The molecule has 1 saturated heterocycles. The van der Waals surface area contributed by atoms with E-state index < -0.39 is 0 Å². The lowest BCUT2D eigenvalue weighted by Crippen LogP contribution is -2.35. The second kappa shape index (κ2) is 3.07. The zero-order valence-corrected chi connectivity index (χ0v) is 7.90. The van der Waals surface area contributed by atoms with Crippen molar-refractivity contribution >= 4 is 10.9 Å². The van der Waals surface area contributed by atoms with Crippen LogP contribution in [0.25, 0.3) is 10.9 Å². The molecule has 0 aliphatic carbocycles. The zero-order chi connectivity index (χ0) is 9.38. The maximum absolute atomic E-state index is 4.35. The van der Waals surface area contributed by atoms with Gasteiger partial charge in [0.1, 0.15) is 0 Å². The maximum atomic E-state index is 4.35. The summed E-state index contributed by atoms with van der Waals surface area (Å²) in [5.41, 5.74) is 2.49. The van der Waals surface area contributed by atoms with Gasteiger partial charge in [0.05, 0.1) is 5.52 Å². The highest BCUT2D eigenvalue weighted by Crippen LogP contribution is 2.28. The van der Waals surface area contributed by atoms with Crippen molar-refractivity contribution in [3.8, 4) is 0 Å². The van der Waals surface area contributed by atoms with Crippen molar-refractivity contribution in [3.63, 3.8) is 0 Å². The lowest BCUT2D eigenvalue weighted by Gasteiger charge is -2.28. The molecule has 2 heteroatoms. The molecule has 1 fully saturated rings. The number of nitrogens with zero attached hydrogens (tertiary/aromatic N) is 1. The highest BCUT2D eigenvalue weighted by molar-refractivity contribution is 5.82. The van der Waals surface area contributed by atoms with Crippen LogP contribution in [0.4, 0.5) is 0 Å². The summed E-state index contributed by atoms with van der Waals surface area (Å²) < 4.78 is 0. The molecule has 70 valence electrons. The summed E-state index contributed by atoms with van der Waals surface area (Å²) in [6.45, 7) is 1.14. The van der Waals surface area contributed by atoms with Crippen LogP contribution >= 0.6 is 0 Å². The van der Waals surface area contributed by atoms with Crippen molar-refractivity contribution in [3.05, 3.63) is 42.1 Å². The monoisotopic (exact) mass is 184 g/mol. The molecule has 0 radical (unpaired) electrons. The molecular weight excluding hydrogens is 172 g/mol. The second-order valence-electron chi connectivity index (χ2n) is 3.71.